The summed E-state index contributed by atoms with van der Waals surface area (Å²) in [6.07, 6.45) is 0.452. The average Bonchev–Trinajstić information content (AvgIpc) is 2.71. The lowest BCUT2D eigenvalue weighted by atomic mass is 10.1. The van der Waals surface area contributed by atoms with E-state index >= 15 is 0 Å². The van der Waals surface area contributed by atoms with Crippen LogP contribution in [0, 0.1) is 22.9 Å². The van der Waals surface area contributed by atoms with Crippen LogP contribution in [0.1, 0.15) is 29.5 Å². The molecule has 2 heterocycles. The standard InChI is InChI=1S/C19H26FN5O4/c1-4-13(11-26)21-19(27)18-12(2)24(28)17-10-15(14(20)9-16(17)25(18)29)23-7-5-22(3)6-8-23/h9-10,13,26H,4-8,11H2,1-3H3,(H,21,27). The molecule has 10 heteroatoms. The lowest BCUT2D eigenvalue weighted by Gasteiger charge is -2.34. The van der Waals surface area contributed by atoms with Crippen LogP contribution in [-0.2, 0) is 0 Å². The van der Waals surface area contributed by atoms with Crippen LogP contribution in [0.15, 0.2) is 12.1 Å². The molecule has 1 aliphatic heterocycles. The molecule has 1 aromatic heterocycles. The molecule has 9 nitrogen and oxygen atoms in total. The summed E-state index contributed by atoms with van der Waals surface area (Å²) in [5.41, 5.74) is -0.459. The molecule has 29 heavy (non-hydrogen) atoms. The average molecular weight is 407 g/mol. The molecular weight excluding hydrogens is 381 g/mol. The first-order valence-corrected chi connectivity index (χ1v) is 9.62. The van der Waals surface area contributed by atoms with Gasteiger partial charge in [-0.15, -0.1) is 0 Å². The summed E-state index contributed by atoms with van der Waals surface area (Å²) in [6, 6.07) is 1.83. The molecule has 1 aliphatic rings. The maximum atomic E-state index is 14.8. The summed E-state index contributed by atoms with van der Waals surface area (Å²) < 4.78 is 15.6. The Hall–Kier alpha value is -2.72. The zero-order valence-corrected chi connectivity index (χ0v) is 16.8. The van der Waals surface area contributed by atoms with Crippen molar-refractivity contribution in [3.63, 3.8) is 0 Å². The fourth-order valence-corrected chi connectivity index (χ4v) is 3.49. The maximum Gasteiger partial charge on any atom is 0.346 e. The van der Waals surface area contributed by atoms with Gasteiger partial charge in [0.15, 0.2) is 5.82 Å². The number of benzene rings is 1. The summed E-state index contributed by atoms with van der Waals surface area (Å²) in [5.74, 6) is -1.41. The summed E-state index contributed by atoms with van der Waals surface area (Å²) in [4.78, 5) is 29.3. The number of carbonyl (C=O) groups is 1. The topological polar surface area (TPSA) is 107 Å². The summed E-state index contributed by atoms with van der Waals surface area (Å²) in [6.45, 7) is 5.57. The van der Waals surface area contributed by atoms with E-state index in [9.17, 15) is 24.4 Å². The third kappa shape index (κ3) is 3.90. The Labute approximate surface area is 167 Å². The Kier molecular flexibility index (Phi) is 6.04. The number of aliphatic hydroxyl groups excluding tert-OH is 1. The summed E-state index contributed by atoms with van der Waals surface area (Å²) in [5, 5.41) is 24.6. The van der Waals surface area contributed by atoms with Crippen molar-refractivity contribution in [1.29, 1.82) is 0 Å². The van der Waals surface area contributed by atoms with Gasteiger partial charge in [0.1, 0.15) is 5.52 Å². The van der Waals surface area contributed by atoms with Crippen LogP contribution in [-0.4, -0.2) is 66.5 Å². The van der Waals surface area contributed by atoms with E-state index in [0.717, 1.165) is 19.2 Å². The minimum Gasteiger partial charge on any atom is -0.805 e. The molecule has 2 aromatic rings. The van der Waals surface area contributed by atoms with Crippen molar-refractivity contribution in [3.05, 3.63) is 39.5 Å². The van der Waals surface area contributed by atoms with Gasteiger partial charge in [-0.3, -0.25) is 4.79 Å². The van der Waals surface area contributed by atoms with Gasteiger partial charge in [0.05, 0.1) is 34.5 Å². The van der Waals surface area contributed by atoms with Crippen molar-refractivity contribution in [2.75, 3.05) is 44.7 Å². The van der Waals surface area contributed by atoms with Gasteiger partial charge in [-0.2, -0.15) is 0 Å². The highest BCUT2D eigenvalue weighted by Crippen LogP contribution is 2.26. The molecule has 0 aliphatic carbocycles. The molecule has 0 bridgehead atoms. The second kappa shape index (κ2) is 8.34. The number of carbonyl (C=O) groups excluding carboxylic acids is 1. The first-order chi connectivity index (χ1) is 13.8. The van der Waals surface area contributed by atoms with E-state index in [2.05, 4.69) is 10.2 Å². The van der Waals surface area contributed by atoms with E-state index in [0.29, 0.717) is 24.2 Å². The van der Waals surface area contributed by atoms with Crippen LogP contribution >= 0.6 is 0 Å². The Balaban J connectivity index is 2.09. The summed E-state index contributed by atoms with van der Waals surface area (Å²) in [7, 11) is 1.98. The molecule has 0 spiro atoms. The number of rotatable bonds is 5. The second-order valence-corrected chi connectivity index (χ2v) is 7.37. The Bertz CT molecular complexity index is 981. The van der Waals surface area contributed by atoms with Crippen LogP contribution in [0.25, 0.3) is 11.0 Å². The molecule has 1 amide bonds. The van der Waals surface area contributed by atoms with Gasteiger partial charge in [-0.25, -0.2) is 4.39 Å². The molecule has 0 saturated carbocycles. The van der Waals surface area contributed by atoms with Gasteiger partial charge in [0, 0.05) is 31.1 Å². The normalized spacial score (nSPS) is 16.2. The van der Waals surface area contributed by atoms with E-state index in [-0.39, 0.29) is 33.4 Å². The lowest BCUT2D eigenvalue weighted by molar-refractivity contribution is -0.468. The predicted molar refractivity (Wildman–Crippen MR) is 107 cm³/mol. The van der Waals surface area contributed by atoms with Gasteiger partial charge < -0.3 is 30.2 Å². The quantitative estimate of drug-likeness (QED) is 0.703. The van der Waals surface area contributed by atoms with E-state index in [1.165, 1.54) is 13.0 Å². The van der Waals surface area contributed by atoms with Gasteiger partial charge in [0.25, 0.3) is 5.52 Å². The Morgan fingerprint density at radius 2 is 2.00 bits per heavy atom. The van der Waals surface area contributed by atoms with Crippen molar-refractivity contribution in [1.82, 2.24) is 14.9 Å². The minimum absolute atomic E-state index is 0.00132. The third-order valence-corrected chi connectivity index (χ3v) is 5.44. The molecule has 2 N–H and O–H groups in total. The number of piperazine rings is 1. The highest BCUT2D eigenvalue weighted by molar-refractivity contribution is 5.93. The minimum atomic E-state index is -0.784. The van der Waals surface area contributed by atoms with Crippen molar-refractivity contribution in [3.8, 4) is 0 Å². The molecule has 1 unspecified atom stereocenters. The van der Waals surface area contributed by atoms with Crippen LogP contribution in [0.3, 0.4) is 0 Å². The van der Waals surface area contributed by atoms with E-state index in [1.54, 1.807) is 6.92 Å². The largest absolute Gasteiger partial charge is 0.805 e. The highest BCUT2D eigenvalue weighted by Gasteiger charge is 2.30. The lowest BCUT2D eigenvalue weighted by Crippen LogP contribution is -2.45. The fraction of sp³-hybridized carbons (Fsp3) is 0.526. The van der Waals surface area contributed by atoms with Crippen LogP contribution in [0.5, 0.6) is 0 Å². The summed E-state index contributed by atoms with van der Waals surface area (Å²) >= 11 is 0. The van der Waals surface area contributed by atoms with Crippen molar-refractivity contribution >= 4 is 22.6 Å². The molecular formula is C19H26FN5O4. The number of fused-ring (bicyclic) bond motifs is 1. The molecule has 1 aromatic carbocycles. The number of aromatic nitrogens is 2. The first kappa shape index (κ1) is 21.0. The van der Waals surface area contributed by atoms with E-state index in [4.69, 9.17) is 0 Å². The van der Waals surface area contributed by atoms with E-state index in [1.807, 2.05) is 11.9 Å². The number of halogens is 1. The monoisotopic (exact) mass is 407 g/mol. The number of likely N-dealkylation sites (N-methyl/N-ethyl adjacent to an activating group) is 1. The SMILES string of the molecule is CCC(CO)NC(=O)c1c(C)n([O-])c2cc(N3CCN(C)CC3)c(F)cc2[n+]1=O. The first-order valence-electron chi connectivity index (χ1n) is 9.62. The third-order valence-electron chi connectivity index (χ3n) is 5.44. The van der Waals surface area contributed by atoms with Crippen LogP contribution in [0.2, 0.25) is 0 Å². The van der Waals surface area contributed by atoms with Gasteiger partial charge >= 0.3 is 11.6 Å². The fourth-order valence-electron chi connectivity index (χ4n) is 3.49. The van der Waals surface area contributed by atoms with Gasteiger partial charge in [-0.05, 0) is 26.5 Å². The van der Waals surface area contributed by atoms with Gasteiger partial charge in [0.2, 0.25) is 0 Å². The number of amides is 1. The number of hydrogen-bond donors (Lipinski definition) is 2. The van der Waals surface area contributed by atoms with E-state index < -0.39 is 23.5 Å². The number of anilines is 1. The molecule has 3 rings (SSSR count). The molecule has 158 valence electrons. The molecule has 1 saturated heterocycles. The highest BCUT2D eigenvalue weighted by atomic mass is 19.1. The molecule has 1 atom stereocenters. The smallest absolute Gasteiger partial charge is 0.346 e. The van der Waals surface area contributed by atoms with Crippen molar-refractivity contribution < 1.29 is 18.7 Å². The number of nitrogens with zero attached hydrogens (tertiary/aromatic N) is 4. The Morgan fingerprint density at radius 1 is 1.34 bits per heavy atom. The molecule has 0 radical (unpaired) electrons. The van der Waals surface area contributed by atoms with Crippen LogP contribution < -0.4 is 14.6 Å². The second-order valence-electron chi connectivity index (χ2n) is 7.37. The van der Waals surface area contributed by atoms with Gasteiger partial charge in [-0.1, -0.05) is 6.92 Å². The zero-order chi connectivity index (χ0) is 21.3. The number of nitrogens with one attached hydrogen (secondary N) is 1. The molecule has 1 fully saturated rings. The predicted octanol–water partition coefficient (Wildman–Crippen LogP) is 0.602. The van der Waals surface area contributed by atoms with Crippen molar-refractivity contribution in [2.24, 2.45) is 0 Å². The van der Waals surface area contributed by atoms with Crippen LogP contribution in [0.4, 0.5) is 10.1 Å². The number of aliphatic hydroxyl groups is 1. The number of hydrogen-bond acceptors (Lipinski definition) is 6. The maximum absolute atomic E-state index is 14.8. The van der Waals surface area contributed by atoms with Crippen molar-refractivity contribution in [2.45, 2.75) is 26.3 Å². The Morgan fingerprint density at radius 3 is 2.59 bits per heavy atom. The zero-order valence-electron chi connectivity index (χ0n) is 16.8.